The van der Waals surface area contributed by atoms with E-state index in [9.17, 15) is 4.79 Å². The van der Waals surface area contributed by atoms with Gasteiger partial charge in [-0.15, -0.1) is 0 Å². The fraction of sp³-hybridized carbons (Fsp3) is 0.273. The molecule has 6 nitrogen and oxygen atoms in total. The fourth-order valence-electron chi connectivity index (χ4n) is 1.65. The lowest BCUT2D eigenvalue weighted by Crippen LogP contribution is -2.12. The highest BCUT2D eigenvalue weighted by molar-refractivity contribution is 6.29. The van der Waals surface area contributed by atoms with Crippen molar-refractivity contribution in [2.24, 2.45) is 5.73 Å². The summed E-state index contributed by atoms with van der Waals surface area (Å²) in [6.45, 7) is 0. The smallest absolute Gasteiger partial charge is 0.269 e. The summed E-state index contributed by atoms with van der Waals surface area (Å²) in [5.41, 5.74) is 5.34. The maximum Gasteiger partial charge on any atom is 0.269 e. The van der Waals surface area contributed by atoms with Crippen molar-refractivity contribution in [3.05, 3.63) is 35.0 Å². The average Bonchev–Trinajstić information content (AvgIpc) is 3.05. The van der Waals surface area contributed by atoms with Crippen LogP contribution in [0, 0.1) is 0 Å². The van der Waals surface area contributed by atoms with Gasteiger partial charge in [0.25, 0.3) is 5.91 Å². The summed E-state index contributed by atoms with van der Waals surface area (Å²) in [7, 11) is 0. The Labute approximate surface area is 108 Å². The van der Waals surface area contributed by atoms with Crippen LogP contribution in [0.4, 0.5) is 0 Å². The van der Waals surface area contributed by atoms with E-state index in [0.29, 0.717) is 16.9 Å². The van der Waals surface area contributed by atoms with Crippen LogP contribution in [-0.4, -0.2) is 25.7 Å². The third kappa shape index (κ3) is 2.06. The molecule has 1 saturated carbocycles. The number of hydrogen-bond acceptors (Lipinski definition) is 4. The summed E-state index contributed by atoms with van der Waals surface area (Å²) in [6, 6.07) is 3.14. The third-order valence-electron chi connectivity index (χ3n) is 2.72. The van der Waals surface area contributed by atoms with Crippen molar-refractivity contribution < 1.29 is 4.79 Å². The topological polar surface area (TPSA) is 86.7 Å². The van der Waals surface area contributed by atoms with Crippen LogP contribution >= 0.6 is 11.6 Å². The number of nitrogens with zero attached hydrogens (tertiary/aromatic N) is 4. The second-order valence-electron chi connectivity index (χ2n) is 4.19. The molecule has 2 heterocycles. The van der Waals surface area contributed by atoms with Gasteiger partial charge in [0.2, 0.25) is 0 Å². The van der Waals surface area contributed by atoms with E-state index >= 15 is 0 Å². The summed E-state index contributed by atoms with van der Waals surface area (Å²) in [5.74, 6) is 1.10. The van der Waals surface area contributed by atoms with Gasteiger partial charge in [0, 0.05) is 18.2 Å². The largest absolute Gasteiger partial charge is 0.364 e. The molecule has 2 aromatic heterocycles. The molecule has 3 rings (SSSR count). The molecule has 0 aliphatic heterocycles. The van der Waals surface area contributed by atoms with E-state index in [4.69, 9.17) is 17.3 Å². The maximum atomic E-state index is 11.0. The molecule has 0 unspecified atom stereocenters. The van der Waals surface area contributed by atoms with Crippen molar-refractivity contribution in [1.29, 1.82) is 0 Å². The minimum Gasteiger partial charge on any atom is -0.364 e. The highest BCUT2D eigenvalue weighted by Gasteiger charge is 2.27. The number of hydrogen-bond donors (Lipinski definition) is 1. The van der Waals surface area contributed by atoms with E-state index in [1.165, 1.54) is 10.7 Å². The summed E-state index contributed by atoms with van der Waals surface area (Å²) < 4.78 is 1.47. The number of primary amides is 1. The van der Waals surface area contributed by atoms with Gasteiger partial charge in [0.15, 0.2) is 5.82 Å². The Morgan fingerprint density at radius 3 is 2.83 bits per heavy atom. The fourth-order valence-corrected chi connectivity index (χ4v) is 1.83. The first-order chi connectivity index (χ1) is 8.63. The predicted molar refractivity (Wildman–Crippen MR) is 64.7 cm³/mol. The number of carbonyl (C=O) groups excluding carboxylic acids is 1. The van der Waals surface area contributed by atoms with Gasteiger partial charge in [-0.05, 0) is 18.9 Å². The molecule has 1 aliphatic rings. The van der Waals surface area contributed by atoms with Crippen LogP contribution in [0.2, 0.25) is 5.15 Å². The molecule has 0 bridgehead atoms. The van der Waals surface area contributed by atoms with Gasteiger partial charge in [-0.3, -0.25) is 4.79 Å². The number of nitrogens with two attached hydrogens (primary N) is 1. The molecule has 92 valence electrons. The van der Waals surface area contributed by atoms with E-state index in [1.807, 2.05) is 0 Å². The van der Waals surface area contributed by atoms with Crippen molar-refractivity contribution in [3.63, 3.8) is 0 Å². The average molecular weight is 264 g/mol. The lowest BCUT2D eigenvalue weighted by atomic mass is 10.4. The highest BCUT2D eigenvalue weighted by atomic mass is 35.5. The number of amides is 1. The first-order valence-electron chi connectivity index (χ1n) is 5.54. The normalized spacial score (nSPS) is 14.7. The van der Waals surface area contributed by atoms with Gasteiger partial charge >= 0.3 is 0 Å². The number of halogens is 1. The van der Waals surface area contributed by atoms with Crippen LogP contribution < -0.4 is 5.73 Å². The molecule has 0 saturated heterocycles. The van der Waals surface area contributed by atoms with Crippen molar-refractivity contribution in [3.8, 4) is 5.82 Å². The Morgan fingerprint density at radius 2 is 2.22 bits per heavy atom. The first-order valence-corrected chi connectivity index (χ1v) is 5.91. The predicted octanol–water partition coefficient (Wildman–Crippen LogP) is 1.29. The minimum absolute atomic E-state index is 0.192. The zero-order valence-corrected chi connectivity index (χ0v) is 10.1. The standard InChI is InChI=1S/C11H10ClN5O/c12-8-5-9(15-11(14-8)6-1-2-6)17-4-3-7(16-17)10(13)18/h3-6H,1-2H2,(H2,13,18). The Morgan fingerprint density at radius 1 is 1.44 bits per heavy atom. The molecule has 1 amide bonds. The summed E-state index contributed by atoms with van der Waals surface area (Å²) >= 11 is 5.96. The lowest BCUT2D eigenvalue weighted by Gasteiger charge is -2.03. The van der Waals surface area contributed by atoms with Crippen molar-refractivity contribution >= 4 is 17.5 Å². The Hall–Kier alpha value is -1.95. The van der Waals surface area contributed by atoms with Gasteiger partial charge in [0.05, 0.1) is 0 Å². The number of carbonyl (C=O) groups is 1. The quantitative estimate of drug-likeness (QED) is 0.846. The van der Waals surface area contributed by atoms with Gasteiger partial charge < -0.3 is 5.73 Å². The molecule has 0 atom stereocenters. The molecular weight excluding hydrogens is 254 g/mol. The van der Waals surface area contributed by atoms with E-state index in [1.54, 1.807) is 12.3 Å². The molecular formula is C11H10ClN5O. The third-order valence-corrected chi connectivity index (χ3v) is 2.91. The minimum atomic E-state index is -0.573. The molecule has 0 aromatic carbocycles. The van der Waals surface area contributed by atoms with Crippen LogP contribution in [0.15, 0.2) is 18.3 Å². The van der Waals surface area contributed by atoms with Gasteiger partial charge in [-0.2, -0.15) is 5.10 Å². The van der Waals surface area contributed by atoms with Crippen molar-refractivity contribution in [2.75, 3.05) is 0 Å². The Kier molecular flexibility index (Phi) is 2.52. The van der Waals surface area contributed by atoms with Crippen molar-refractivity contribution in [1.82, 2.24) is 19.7 Å². The molecule has 18 heavy (non-hydrogen) atoms. The van der Waals surface area contributed by atoms with Crippen LogP contribution in [0.5, 0.6) is 0 Å². The van der Waals surface area contributed by atoms with E-state index < -0.39 is 5.91 Å². The molecule has 7 heteroatoms. The van der Waals surface area contributed by atoms with Gasteiger partial charge in [-0.25, -0.2) is 14.6 Å². The molecule has 2 aromatic rings. The maximum absolute atomic E-state index is 11.0. The summed E-state index contributed by atoms with van der Waals surface area (Å²) in [6.07, 6.45) is 3.80. The molecule has 1 aliphatic carbocycles. The monoisotopic (exact) mass is 263 g/mol. The molecule has 2 N–H and O–H groups in total. The van der Waals surface area contributed by atoms with Crippen LogP contribution in [0.25, 0.3) is 5.82 Å². The second kappa shape index (κ2) is 4.06. The Balaban J connectivity index is 2.01. The highest BCUT2D eigenvalue weighted by Crippen LogP contribution is 2.38. The van der Waals surface area contributed by atoms with Crippen LogP contribution in [0.3, 0.4) is 0 Å². The SMILES string of the molecule is NC(=O)c1ccn(-c2cc(Cl)nc(C3CC3)n2)n1. The zero-order valence-electron chi connectivity index (χ0n) is 9.38. The van der Waals surface area contributed by atoms with E-state index in [2.05, 4.69) is 15.1 Å². The molecule has 1 fully saturated rings. The number of aromatic nitrogens is 4. The number of rotatable bonds is 3. The van der Waals surface area contributed by atoms with Crippen LogP contribution in [0.1, 0.15) is 35.1 Å². The Bertz CT molecular complexity index is 620. The van der Waals surface area contributed by atoms with Gasteiger partial charge in [0.1, 0.15) is 16.7 Å². The lowest BCUT2D eigenvalue weighted by molar-refractivity contribution is 0.0995. The van der Waals surface area contributed by atoms with E-state index in [0.717, 1.165) is 18.7 Å². The van der Waals surface area contributed by atoms with Crippen molar-refractivity contribution in [2.45, 2.75) is 18.8 Å². The summed E-state index contributed by atoms with van der Waals surface area (Å²) in [5, 5.41) is 4.41. The first kappa shape index (κ1) is 11.2. The van der Waals surface area contributed by atoms with Crippen LogP contribution in [-0.2, 0) is 0 Å². The van der Waals surface area contributed by atoms with Gasteiger partial charge in [-0.1, -0.05) is 11.6 Å². The zero-order chi connectivity index (χ0) is 12.7. The molecule has 0 radical (unpaired) electrons. The summed E-state index contributed by atoms with van der Waals surface area (Å²) in [4.78, 5) is 19.6. The second-order valence-corrected chi connectivity index (χ2v) is 4.58. The molecule has 0 spiro atoms. The van der Waals surface area contributed by atoms with E-state index in [-0.39, 0.29) is 5.69 Å².